The van der Waals surface area contributed by atoms with E-state index in [1.54, 1.807) is 49.6 Å². The molecule has 0 N–H and O–H groups in total. The molecule has 0 saturated heterocycles. The highest BCUT2D eigenvalue weighted by Gasteiger charge is 2.20. The lowest BCUT2D eigenvalue weighted by atomic mass is 10.0. The van der Waals surface area contributed by atoms with E-state index < -0.39 is 6.43 Å². The Hall–Kier alpha value is -3.32. The molecule has 0 amide bonds. The van der Waals surface area contributed by atoms with E-state index in [-0.39, 0.29) is 22.1 Å². The van der Waals surface area contributed by atoms with Crippen molar-refractivity contribution >= 4 is 50.9 Å². The summed E-state index contributed by atoms with van der Waals surface area (Å²) in [4.78, 5) is 18.7. The maximum atomic E-state index is 13.7. The smallest absolute Gasteiger partial charge is 0.280 e. The number of nitriles is 1. The molecule has 40 heavy (non-hydrogen) atoms. The van der Waals surface area contributed by atoms with Crippen LogP contribution in [0.15, 0.2) is 76.2 Å². The fourth-order valence-electron chi connectivity index (χ4n) is 4.05. The molecular weight excluding hydrogens is 614 g/mol. The van der Waals surface area contributed by atoms with Crippen LogP contribution in [0.2, 0.25) is 0 Å². The molecule has 0 atom stereocenters. The van der Waals surface area contributed by atoms with E-state index in [9.17, 15) is 18.8 Å². The van der Waals surface area contributed by atoms with Crippen LogP contribution in [0.3, 0.4) is 0 Å². The lowest BCUT2D eigenvalue weighted by Crippen LogP contribution is -1.99. The Morgan fingerprint density at radius 2 is 1.98 bits per heavy atom. The Bertz CT molecular complexity index is 1580. The van der Waals surface area contributed by atoms with Gasteiger partial charge in [-0.1, -0.05) is 55.8 Å². The van der Waals surface area contributed by atoms with Crippen LogP contribution in [0.25, 0.3) is 17.2 Å². The minimum absolute atomic E-state index is 0.0834. The van der Waals surface area contributed by atoms with Crippen LogP contribution in [0.1, 0.15) is 56.7 Å². The third-order valence-corrected chi connectivity index (χ3v) is 9.20. The molecule has 204 valence electrons. The first-order valence-corrected chi connectivity index (χ1v) is 15.0. The SMILES string of the molecule is CCCc1sc(C(=O)/C=C/c2ccc(OC)c(CSc3nc(C(F)F)cc(-c4ccccc4)c3C#N)c2)cc1Br. The molecule has 0 aliphatic rings. The number of alkyl halides is 2. The molecule has 0 saturated carbocycles. The average molecular weight is 640 g/mol. The molecule has 0 fully saturated rings. The van der Waals surface area contributed by atoms with Crippen LogP contribution in [0.5, 0.6) is 5.75 Å². The van der Waals surface area contributed by atoms with Gasteiger partial charge >= 0.3 is 0 Å². The van der Waals surface area contributed by atoms with Gasteiger partial charge < -0.3 is 4.74 Å². The van der Waals surface area contributed by atoms with Crippen LogP contribution in [0.4, 0.5) is 8.78 Å². The minimum atomic E-state index is -2.78. The summed E-state index contributed by atoms with van der Waals surface area (Å²) in [5, 5.41) is 10.2. The molecule has 2 heterocycles. The number of hydrogen-bond donors (Lipinski definition) is 0. The van der Waals surface area contributed by atoms with Crippen molar-refractivity contribution in [2.24, 2.45) is 0 Å². The van der Waals surface area contributed by atoms with Gasteiger partial charge in [-0.3, -0.25) is 4.79 Å². The van der Waals surface area contributed by atoms with E-state index in [0.717, 1.165) is 33.3 Å². The highest BCUT2D eigenvalue weighted by molar-refractivity contribution is 9.10. The molecule has 0 aliphatic heterocycles. The van der Waals surface area contributed by atoms with E-state index in [4.69, 9.17) is 4.74 Å². The molecule has 2 aromatic heterocycles. The average Bonchev–Trinajstić information content (AvgIpc) is 3.34. The summed E-state index contributed by atoms with van der Waals surface area (Å²) in [6.45, 7) is 2.10. The summed E-state index contributed by atoms with van der Waals surface area (Å²) in [5.41, 5.74) is 2.50. The monoisotopic (exact) mass is 638 g/mol. The highest BCUT2D eigenvalue weighted by atomic mass is 79.9. The summed E-state index contributed by atoms with van der Waals surface area (Å²) < 4.78 is 33.9. The van der Waals surface area contributed by atoms with Gasteiger partial charge in [0.05, 0.1) is 17.6 Å². The van der Waals surface area contributed by atoms with Crippen molar-refractivity contribution in [3.8, 4) is 22.9 Å². The van der Waals surface area contributed by atoms with Crippen molar-refractivity contribution in [1.82, 2.24) is 4.98 Å². The van der Waals surface area contributed by atoms with Crippen molar-refractivity contribution in [1.29, 1.82) is 5.26 Å². The number of aryl methyl sites for hydroxylation is 1. The van der Waals surface area contributed by atoms with Gasteiger partial charge in [-0.2, -0.15) is 5.26 Å². The summed E-state index contributed by atoms with van der Waals surface area (Å²) in [5.74, 6) is 0.841. The second kappa shape index (κ2) is 13.8. The summed E-state index contributed by atoms with van der Waals surface area (Å²) in [7, 11) is 1.55. The van der Waals surface area contributed by atoms with E-state index in [1.165, 1.54) is 29.2 Å². The van der Waals surface area contributed by atoms with Crippen LogP contribution in [-0.4, -0.2) is 17.9 Å². The number of halogens is 3. The summed E-state index contributed by atoms with van der Waals surface area (Å²) >= 11 is 6.22. The number of carbonyl (C=O) groups excluding carboxylic acids is 1. The van der Waals surface area contributed by atoms with E-state index in [1.807, 2.05) is 24.3 Å². The van der Waals surface area contributed by atoms with Gasteiger partial charge in [-0.05, 0) is 63.8 Å². The predicted octanol–water partition coefficient (Wildman–Crippen LogP) is 9.53. The second-order valence-electron chi connectivity index (χ2n) is 8.74. The molecule has 4 rings (SSSR count). The van der Waals surface area contributed by atoms with Gasteiger partial charge in [0, 0.05) is 26.2 Å². The van der Waals surface area contributed by atoms with E-state index >= 15 is 0 Å². The first kappa shape index (κ1) is 29.7. The van der Waals surface area contributed by atoms with Gasteiger partial charge in [0.1, 0.15) is 22.5 Å². The van der Waals surface area contributed by atoms with Crippen molar-refractivity contribution in [2.75, 3.05) is 7.11 Å². The Morgan fingerprint density at radius 1 is 1.20 bits per heavy atom. The Labute approximate surface area is 248 Å². The fourth-order valence-corrected chi connectivity index (χ4v) is 6.93. The molecule has 0 bridgehead atoms. The van der Waals surface area contributed by atoms with Gasteiger partial charge in [0.25, 0.3) is 6.43 Å². The third kappa shape index (κ3) is 7.05. The maximum absolute atomic E-state index is 13.7. The van der Waals surface area contributed by atoms with E-state index in [2.05, 4.69) is 33.9 Å². The molecule has 9 heteroatoms. The number of carbonyl (C=O) groups is 1. The lowest BCUT2D eigenvalue weighted by Gasteiger charge is -2.13. The van der Waals surface area contributed by atoms with Crippen LogP contribution < -0.4 is 4.74 Å². The Morgan fingerprint density at radius 3 is 2.65 bits per heavy atom. The number of ether oxygens (including phenoxy) is 1. The zero-order valence-corrected chi connectivity index (χ0v) is 25.0. The van der Waals surface area contributed by atoms with Crippen molar-refractivity contribution in [3.63, 3.8) is 0 Å². The lowest BCUT2D eigenvalue weighted by molar-refractivity contribution is 0.105. The molecule has 0 spiro atoms. The number of aromatic nitrogens is 1. The topological polar surface area (TPSA) is 63.0 Å². The van der Waals surface area contributed by atoms with Crippen LogP contribution in [-0.2, 0) is 12.2 Å². The molecule has 0 unspecified atom stereocenters. The minimum Gasteiger partial charge on any atom is -0.496 e. The van der Waals surface area contributed by atoms with Gasteiger partial charge in [-0.25, -0.2) is 13.8 Å². The molecule has 4 nitrogen and oxygen atoms in total. The summed E-state index contributed by atoms with van der Waals surface area (Å²) in [6, 6.07) is 19.8. The number of allylic oxidation sites excluding steroid dienone is 1. The number of ketones is 1. The highest BCUT2D eigenvalue weighted by Crippen LogP contribution is 2.36. The predicted molar refractivity (Wildman–Crippen MR) is 161 cm³/mol. The Balaban J connectivity index is 1.60. The zero-order valence-electron chi connectivity index (χ0n) is 21.8. The van der Waals surface area contributed by atoms with Crippen molar-refractivity contribution in [3.05, 3.63) is 103 Å². The number of hydrogen-bond acceptors (Lipinski definition) is 6. The van der Waals surface area contributed by atoms with Gasteiger partial charge in [0.2, 0.25) is 0 Å². The maximum Gasteiger partial charge on any atom is 0.280 e. The number of thiophene rings is 1. The number of benzene rings is 2. The van der Waals surface area contributed by atoms with Gasteiger partial charge in [-0.15, -0.1) is 23.1 Å². The second-order valence-corrected chi connectivity index (χ2v) is 11.7. The largest absolute Gasteiger partial charge is 0.496 e. The normalized spacial score (nSPS) is 11.2. The fraction of sp³-hybridized carbons (Fsp3) is 0.194. The number of nitrogens with zero attached hydrogens (tertiary/aromatic N) is 2. The number of methoxy groups -OCH3 is 1. The van der Waals surface area contributed by atoms with Gasteiger partial charge in [0.15, 0.2) is 5.78 Å². The van der Waals surface area contributed by atoms with Crippen molar-refractivity contribution < 1.29 is 18.3 Å². The van der Waals surface area contributed by atoms with Crippen molar-refractivity contribution in [2.45, 2.75) is 37.0 Å². The molecular formula is C31H25BrF2N2O2S2. The number of rotatable bonds is 11. The molecule has 2 aromatic carbocycles. The number of pyridine rings is 1. The summed E-state index contributed by atoms with van der Waals surface area (Å²) in [6.07, 6.45) is 2.42. The first-order valence-electron chi connectivity index (χ1n) is 12.4. The third-order valence-electron chi connectivity index (χ3n) is 6.00. The zero-order chi connectivity index (χ0) is 28.6. The first-order chi connectivity index (χ1) is 19.3. The standard InChI is InChI=1S/C31H25BrF2N2O2S2/c1-3-7-28-24(32)16-29(40-28)26(37)12-10-19-11-13-27(38-2)21(14-19)18-39-31-23(17-35)22(15-25(36-31)30(33)34)20-8-5-4-6-9-20/h4-6,8-16,30H,3,7,18H2,1-2H3/b12-10+. The Kier molecular flexibility index (Phi) is 10.3. The number of thioether (sulfide) groups is 1. The van der Waals surface area contributed by atoms with Crippen LogP contribution in [0, 0.1) is 11.3 Å². The van der Waals surface area contributed by atoms with E-state index in [0.29, 0.717) is 27.5 Å². The molecule has 0 aliphatic carbocycles. The quantitative estimate of drug-likeness (QED) is 0.0930. The molecule has 4 aromatic rings. The van der Waals surface area contributed by atoms with Crippen LogP contribution >= 0.6 is 39.0 Å². The molecule has 0 radical (unpaired) electrons.